The highest BCUT2D eigenvalue weighted by Gasteiger charge is 2.62. The summed E-state index contributed by atoms with van der Waals surface area (Å²) in [5.74, 6) is 0. The van der Waals surface area contributed by atoms with Crippen molar-refractivity contribution in [2.24, 2.45) is 5.16 Å². The lowest BCUT2D eigenvalue weighted by Crippen LogP contribution is -2.45. The maximum atomic E-state index is 14.2. The summed E-state index contributed by atoms with van der Waals surface area (Å²) in [6.07, 6.45) is -6.78. The number of carboxylic acid groups (broad SMARTS) is 1. The Balaban J connectivity index is 2.07. The van der Waals surface area contributed by atoms with Crippen molar-refractivity contribution in [1.82, 2.24) is 0 Å². The highest BCUT2D eigenvalue weighted by atomic mass is 35.5. The minimum Gasteiger partial charge on any atom is -0.465 e. The van der Waals surface area contributed by atoms with Crippen LogP contribution >= 0.6 is 34.8 Å². The zero-order chi connectivity index (χ0) is 24.1. The molecule has 2 aromatic carbocycles. The van der Waals surface area contributed by atoms with E-state index in [0.717, 1.165) is 17.0 Å². The van der Waals surface area contributed by atoms with Crippen LogP contribution in [-0.2, 0) is 10.4 Å². The van der Waals surface area contributed by atoms with E-state index < -0.39 is 29.8 Å². The molecule has 172 valence electrons. The zero-order valence-electron chi connectivity index (χ0n) is 17.1. The molecule has 1 aliphatic rings. The summed E-state index contributed by atoms with van der Waals surface area (Å²) in [5, 5.41) is 13.5. The number of benzene rings is 2. The second-order valence-electron chi connectivity index (χ2n) is 8.24. The number of rotatable bonds is 3. The molecule has 2 aromatic rings. The maximum absolute atomic E-state index is 14.2. The monoisotopic (exact) mass is 508 g/mol. The Morgan fingerprint density at radius 3 is 2.19 bits per heavy atom. The lowest BCUT2D eigenvalue weighted by atomic mass is 9.86. The van der Waals surface area contributed by atoms with E-state index in [0.29, 0.717) is 0 Å². The molecule has 1 amide bonds. The lowest BCUT2D eigenvalue weighted by Gasteiger charge is -2.34. The highest BCUT2D eigenvalue weighted by molar-refractivity contribution is 6.35. The van der Waals surface area contributed by atoms with Gasteiger partial charge < -0.3 is 9.94 Å². The smallest absolute Gasteiger partial charge is 0.435 e. The van der Waals surface area contributed by atoms with Gasteiger partial charge in [0.15, 0.2) is 0 Å². The number of oxime groups is 1. The van der Waals surface area contributed by atoms with E-state index >= 15 is 0 Å². The summed E-state index contributed by atoms with van der Waals surface area (Å²) >= 11 is 18.1. The van der Waals surface area contributed by atoms with Gasteiger partial charge in [-0.25, -0.2) is 4.79 Å². The molecule has 32 heavy (non-hydrogen) atoms. The second kappa shape index (κ2) is 8.32. The van der Waals surface area contributed by atoms with Gasteiger partial charge in [-0.15, -0.1) is 0 Å². The van der Waals surface area contributed by atoms with Crippen LogP contribution < -0.4 is 4.90 Å². The molecule has 0 fully saturated rings. The van der Waals surface area contributed by atoms with Gasteiger partial charge in [-0.05, 0) is 51.1 Å². The SMILES string of the molecule is CC(C)(C)N(C(=O)O)c1cc(C2=NOC(c3cc(Cl)cc(Cl)c3)(C(F)(F)F)C2)ccc1Cl. The molecule has 1 unspecified atom stereocenters. The van der Waals surface area contributed by atoms with Crippen LogP contribution in [0, 0.1) is 0 Å². The van der Waals surface area contributed by atoms with Gasteiger partial charge in [0.2, 0.25) is 0 Å². The van der Waals surface area contributed by atoms with E-state index in [1.165, 1.54) is 24.3 Å². The summed E-state index contributed by atoms with van der Waals surface area (Å²) in [6.45, 7) is 4.99. The summed E-state index contributed by atoms with van der Waals surface area (Å²) in [5.41, 5.74) is -3.64. The number of alkyl halides is 3. The van der Waals surface area contributed by atoms with Gasteiger partial charge in [0.1, 0.15) is 0 Å². The van der Waals surface area contributed by atoms with Crippen molar-refractivity contribution in [2.75, 3.05) is 4.90 Å². The first-order valence-corrected chi connectivity index (χ1v) is 10.4. The predicted octanol–water partition coefficient (Wildman–Crippen LogP) is 7.51. The van der Waals surface area contributed by atoms with Crippen LogP contribution in [0.4, 0.5) is 23.7 Å². The van der Waals surface area contributed by atoms with Crippen LogP contribution in [0.2, 0.25) is 15.1 Å². The largest absolute Gasteiger partial charge is 0.465 e. The summed E-state index contributed by atoms with van der Waals surface area (Å²) in [4.78, 5) is 17.9. The molecule has 0 aromatic heterocycles. The first kappa shape index (κ1) is 24.5. The molecule has 0 radical (unpaired) electrons. The van der Waals surface area contributed by atoms with Crippen molar-refractivity contribution >= 4 is 52.3 Å². The first-order chi connectivity index (χ1) is 14.7. The van der Waals surface area contributed by atoms with Gasteiger partial charge in [0.05, 0.1) is 16.4 Å². The third-order valence-corrected chi connectivity index (χ3v) is 5.65. The molecule has 0 saturated heterocycles. The molecule has 0 aliphatic carbocycles. The van der Waals surface area contributed by atoms with Gasteiger partial charge >= 0.3 is 12.3 Å². The minimum absolute atomic E-state index is 0.0178. The van der Waals surface area contributed by atoms with E-state index in [-0.39, 0.29) is 37.6 Å². The van der Waals surface area contributed by atoms with Gasteiger partial charge in [0, 0.05) is 33.1 Å². The molecular formula is C21H18Cl3F3N2O3. The number of anilines is 1. The maximum Gasteiger partial charge on any atom is 0.435 e. The van der Waals surface area contributed by atoms with E-state index in [9.17, 15) is 23.1 Å². The fraction of sp³-hybridized carbons (Fsp3) is 0.333. The average molecular weight is 510 g/mol. The van der Waals surface area contributed by atoms with E-state index in [1.807, 2.05) is 0 Å². The van der Waals surface area contributed by atoms with Crippen LogP contribution in [-0.4, -0.2) is 28.6 Å². The molecule has 5 nitrogen and oxygen atoms in total. The van der Waals surface area contributed by atoms with Crippen LogP contribution in [0.1, 0.15) is 38.3 Å². The topological polar surface area (TPSA) is 62.1 Å². The summed E-state index contributed by atoms with van der Waals surface area (Å²) < 4.78 is 42.6. The Morgan fingerprint density at radius 1 is 1.09 bits per heavy atom. The number of halogens is 6. The Morgan fingerprint density at radius 2 is 1.69 bits per heavy atom. The molecule has 0 bridgehead atoms. The quantitative estimate of drug-likeness (QED) is 0.466. The molecular weight excluding hydrogens is 492 g/mol. The van der Waals surface area contributed by atoms with Crippen molar-refractivity contribution in [1.29, 1.82) is 0 Å². The van der Waals surface area contributed by atoms with Crippen molar-refractivity contribution < 1.29 is 27.9 Å². The van der Waals surface area contributed by atoms with Crippen LogP contribution in [0.3, 0.4) is 0 Å². The van der Waals surface area contributed by atoms with Crippen LogP contribution in [0.25, 0.3) is 0 Å². The first-order valence-electron chi connectivity index (χ1n) is 9.27. The number of hydrogen-bond acceptors (Lipinski definition) is 3. The Hall–Kier alpha value is -2.16. The van der Waals surface area contributed by atoms with E-state index in [2.05, 4.69) is 5.16 Å². The fourth-order valence-corrected chi connectivity index (χ4v) is 4.19. The van der Waals surface area contributed by atoms with Crippen molar-refractivity contribution in [3.8, 4) is 0 Å². The fourth-order valence-electron chi connectivity index (χ4n) is 3.46. The van der Waals surface area contributed by atoms with Gasteiger partial charge in [-0.2, -0.15) is 13.2 Å². The minimum atomic E-state index is -4.85. The summed E-state index contributed by atoms with van der Waals surface area (Å²) in [7, 11) is 0. The Bertz CT molecular complexity index is 1080. The predicted molar refractivity (Wildman–Crippen MR) is 118 cm³/mol. The average Bonchev–Trinajstić information content (AvgIpc) is 3.08. The van der Waals surface area contributed by atoms with Crippen LogP contribution in [0.5, 0.6) is 0 Å². The van der Waals surface area contributed by atoms with Crippen LogP contribution in [0.15, 0.2) is 41.6 Å². The lowest BCUT2D eigenvalue weighted by molar-refractivity contribution is -0.275. The molecule has 1 aliphatic heterocycles. The van der Waals surface area contributed by atoms with Gasteiger partial charge in [-0.3, -0.25) is 4.90 Å². The van der Waals surface area contributed by atoms with Gasteiger partial charge in [0.25, 0.3) is 5.60 Å². The number of carbonyl (C=O) groups is 1. The van der Waals surface area contributed by atoms with E-state index in [1.54, 1.807) is 20.8 Å². The number of amides is 1. The highest BCUT2D eigenvalue weighted by Crippen LogP contribution is 2.50. The Kier molecular flexibility index (Phi) is 6.36. The standard InChI is InChI=1S/C21H18Cl3F3N2O3/c1-19(2,3)29(18(30)31)17-6-11(4-5-15(17)24)16-10-20(32-28-16,21(25,26)27)12-7-13(22)9-14(23)8-12/h4-9H,10H2,1-3H3,(H,30,31). The summed E-state index contributed by atoms with van der Waals surface area (Å²) in [6, 6.07) is 7.79. The van der Waals surface area contributed by atoms with Gasteiger partial charge in [-0.1, -0.05) is 46.0 Å². The number of nitrogens with zero attached hydrogens (tertiary/aromatic N) is 2. The third kappa shape index (κ3) is 4.49. The molecule has 0 saturated carbocycles. The molecule has 1 atom stereocenters. The number of hydrogen-bond donors (Lipinski definition) is 1. The molecule has 1 heterocycles. The molecule has 11 heteroatoms. The molecule has 3 rings (SSSR count). The third-order valence-electron chi connectivity index (χ3n) is 4.90. The van der Waals surface area contributed by atoms with Crippen molar-refractivity contribution in [3.05, 3.63) is 62.6 Å². The van der Waals surface area contributed by atoms with E-state index in [4.69, 9.17) is 39.6 Å². The second-order valence-corrected chi connectivity index (χ2v) is 9.52. The van der Waals surface area contributed by atoms with Crippen molar-refractivity contribution in [3.63, 3.8) is 0 Å². The normalized spacial score (nSPS) is 18.8. The Labute approximate surface area is 197 Å². The molecule has 1 N–H and O–H groups in total. The molecule has 0 spiro atoms. The van der Waals surface area contributed by atoms with Crippen molar-refractivity contribution in [2.45, 2.75) is 44.5 Å². The zero-order valence-corrected chi connectivity index (χ0v) is 19.4.